The fourth-order valence-electron chi connectivity index (χ4n) is 1.36. The first kappa shape index (κ1) is 9.88. The fourth-order valence-corrected chi connectivity index (χ4v) is 1.36. The van der Waals surface area contributed by atoms with Crippen LogP contribution in [0.1, 0.15) is 0 Å². The van der Waals surface area contributed by atoms with Crippen LogP contribution >= 0.6 is 0 Å². The molecule has 1 heterocycles. The minimum atomic E-state index is -1.01. The van der Waals surface area contributed by atoms with E-state index in [-0.39, 0.29) is 19.8 Å². The van der Waals surface area contributed by atoms with Crippen LogP contribution in [-0.2, 0) is 4.74 Å². The topological polar surface area (TPSA) is 90.2 Å². The van der Waals surface area contributed by atoms with Gasteiger partial charge in [0.2, 0.25) is 0 Å². The summed E-state index contributed by atoms with van der Waals surface area (Å²) in [7, 11) is 0. The molecule has 0 aromatic rings. The summed E-state index contributed by atoms with van der Waals surface area (Å²) in [5.41, 5.74) is 0. The van der Waals surface area contributed by atoms with E-state index in [0.717, 1.165) is 0 Å². The van der Waals surface area contributed by atoms with E-state index in [2.05, 4.69) is 0 Å². The predicted molar refractivity (Wildman–Crippen MR) is 39.4 cm³/mol. The van der Waals surface area contributed by atoms with Crippen molar-refractivity contribution in [3.8, 4) is 0 Å². The molecule has 0 aromatic carbocycles. The summed E-state index contributed by atoms with van der Waals surface area (Å²) < 4.78 is 4.99. The van der Waals surface area contributed by atoms with Crippen LogP contribution in [0.4, 0.5) is 0 Å². The van der Waals surface area contributed by atoms with Gasteiger partial charge in [0.15, 0.2) is 0 Å². The van der Waals surface area contributed by atoms with Crippen molar-refractivity contribution in [3.05, 3.63) is 0 Å². The van der Waals surface area contributed by atoms with Crippen LogP contribution in [-0.4, -0.2) is 58.6 Å². The molecule has 1 fully saturated rings. The Morgan fingerprint density at radius 3 is 2.33 bits per heavy atom. The minimum absolute atomic E-state index is 0.00287. The van der Waals surface area contributed by atoms with Crippen molar-refractivity contribution in [2.24, 2.45) is 5.92 Å². The van der Waals surface area contributed by atoms with Crippen LogP contribution in [0.2, 0.25) is 0 Å². The van der Waals surface area contributed by atoms with Gasteiger partial charge in [-0.05, 0) is 0 Å². The van der Waals surface area contributed by atoms with Gasteiger partial charge in [-0.25, -0.2) is 0 Å². The molecule has 0 amide bonds. The van der Waals surface area contributed by atoms with Crippen LogP contribution in [0.5, 0.6) is 0 Å². The zero-order valence-corrected chi connectivity index (χ0v) is 6.63. The van der Waals surface area contributed by atoms with Crippen molar-refractivity contribution in [2.45, 2.75) is 18.3 Å². The molecule has 0 radical (unpaired) electrons. The molecule has 4 atom stereocenters. The number of aliphatic hydroxyl groups excluding tert-OH is 4. The van der Waals surface area contributed by atoms with E-state index < -0.39 is 24.2 Å². The van der Waals surface area contributed by atoms with Gasteiger partial charge in [-0.2, -0.15) is 0 Å². The summed E-state index contributed by atoms with van der Waals surface area (Å²) in [5, 5.41) is 36.0. The van der Waals surface area contributed by atoms with Gasteiger partial charge in [-0.3, -0.25) is 0 Å². The lowest BCUT2D eigenvalue weighted by atomic mass is 9.91. The van der Waals surface area contributed by atoms with Gasteiger partial charge in [-0.1, -0.05) is 0 Å². The molecule has 4 unspecified atom stereocenters. The molecule has 0 saturated carbocycles. The van der Waals surface area contributed by atoms with E-state index in [1.807, 2.05) is 0 Å². The Bertz CT molecular complexity index is 138. The number of rotatable bonds is 2. The van der Waals surface area contributed by atoms with Crippen LogP contribution in [0.25, 0.3) is 0 Å². The summed E-state index contributed by atoms with van der Waals surface area (Å²) in [6.45, 7) is -0.554. The van der Waals surface area contributed by atoms with Crippen LogP contribution in [0, 0.1) is 5.92 Å². The highest BCUT2D eigenvalue weighted by molar-refractivity contribution is 4.85. The first-order valence-electron chi connectivity index (χ1n) is 3.90. The summed E-state index contributed by atoms with van der Waals surface area (Å²) in [6.07, 6.45) is -2.56. The van der Waals surface area contributed by atoms with Gasteiger partial charge in [0.05, 0.1) is 32.0 Å². The van der Waals surface area contributed by atoms with Crippen molar-refractivity contribution in [1.82, 2.24) is 0 Å². The van der Waals surface area contributed by atoms with Gasteiger partial charge in [0.25, 0.3) is 0 Å². The van der Waals surface area contributed by atoms with Crippen LogP contribution < -0.4 is 0 Å². The molecule has 0 spiro atoms. The average Bonchev–Trinajstić information content (AvgIpc) is 2.09. The zero-order valence-electron chi connectivity index (χ0n) is 6.63. The molecule has 12 heavy (non-hydrogen) atoms. The quantitative estimate of drug-likeness (QED) is 0.382. The lowest BCUT2D eigenvalue weighted by molar-refractivity contribution is -0.176. The summed E-state index contributed by atoms with van der Waals surface area (Å²) in [6, 6.07) is 0. The molecule has 5 nitrogen and oxygen atoms in total. The first-order valence-corrected chi connectivity index (χ1v) is 3.90. The molecular formula is C7H14O5. The van der Waals surface area contributed by atoms with Gasteiger partial charge < -0.3 is 25.2 Å². The number of hydrogen-bond donors (Lipinski definition) is 4. The highest BCUT2D eigenvalue weighted by Gasteiger charge is 2.37. The minimum Gasteiger partial charge on any atom is -0.396 e. The molecule has 1 saturated heterocycles. The van der Waals surface area contributed by atoms with Crippen molar-refractivity contribution < 1.29 is 25.2 Å². The lowest BCUT2D eigenvalue weighted by Gasteiger charge is -2.36. The highest BCUT2D eigenvalue weighted by Crippen LogP contribution is 2.20. The van der Waals surface area contributed by atoms with E-state index in [9.17, 15) is 5.11 Å². The van der Waals surface area contributed by atoms with E-state index in [4.69, 9.17) is 20.1 Å². The van der Waals surface area contributed by atoms with E-state index in [0.29, 0.717) is 0 Å². The molecule has 0 aromatic heterocycles. The molecule has 1 aliphatic heterocycles. The second kappa shape index (κ2) is 4.15. The lowest BCUT2D eigenvalue weighted by Crippen LogP contribution is -2.51. The van der Waals surface area contributed by atoms with Crippen molar-refractivity contribution in [2.75, 3.05) is 19.8 Å². The first-order chi connectivity index (χ1) is 5.70. The summed E-state index contributed by atoms with van der Waals surface area (Å²) in [5.74, 6) is -0.598. The molecule has 0 bridgehead atoms. The third kappa shape index (κ3) is 1.75. The standard InChI is InChI=1S/C7H14O5/c8-1-4-6(2-9)12-3-5(10)7(4)11/h4-11H,1-3H2. The molecule has 1 aliphatic rings. The maximum atomic E-state index is 9.34. The Balaban J connectivity index is 2.58. The molecule has 1 rings (SSSR count). The average molecular weight is 178 g/mol. The highest BCUT2D eigenvalue weighted by atomic mass is 16.5. The van der Waals surface area contributed by atoms with Gasteiger partial charge >= 0.3 is 0 Å². The second-order valence-electron chi connectivity index (χ2n) is 2.96. The molecule has 4 N–H and O–H groups in total. The maximum absolute atomic E-state index is 9.34. The van der Waals surface area contributed by atoms with Crippen LogP contribution in [0.15, 0.2) is 0 Å². The van der Waals surface area contributed by atoms with Crippen molar-refractivity contribution in [3.63, 3.8) is 0 Å². The Morgan fingerprint density at radius 2 is 1.83 bits per heavy atom. The maximum Gasteiger partial charge on any atom is 0.104 e. The molecule has 72 valence electrons. The van der Waals surface area contributed by atoms with E-state index >= 15 is 0 Å². The Morgan fingerprint density at radius 1 is 1.17 bits per heavy atom. The number of aliphatic hydroxyl groups is 4. The molecule has 5 heteroatoms. The van der Waals surface area contributed by atoms with E-state index in [1.54, 1.807) is 0 Å². The van der Waals surface area contributed by atoms with E-state index in [1.165, 1.54) is 0 Å². The third-order valence-corrected chi connectivity index (χ3v) is 2.18. The molecular weight excluding hydrogens is 164 g/mol. The van der Waals surface area contributed by atoms with Gasteiger partial charge in [-0.15, -0.1) is 0 Å². The summed E-state index contributed by atoms with van der Waals surface area (Å²) in [4.78, 5) is 0. The monoisotopic (exact) mass is 178 g/mol. The number of hydrogen-bond acceptors (Lipinski definition) is 5. The van der Waals surface area contributed by atoms with Crippen LogP contribution in [0.3, 0.4) is 0 Å². The largest absolute Gasteiger partial charge is 0.396 e. The normalized spacial score (nSPS) is 43.0. The van der Waals surface area contributed by atoms with Crippen molar-refractivity contribution >= 4 is 0 Å². The predicted octanol–water partition coefficient (Wildman–Crippen LogP) is -2.29. The number of ether oxygens (including phenoxy) is 1. The summed E-state index contributed by atoms with van der Waals surface area (Å²) >= 11 is 0. The second-order valence-corrected chi connectivity index (χ2v) is 2.96. The Labute approximate surface area is 70.2 Å². The van der Waals surface area contributed by atoms with Crippen molar-refractivity contribution in [1.29, 1.82) is 0 Å². The Kier molecular flexibility index (Phi) is 3.42. The smallest absolute Gasteiger partial charge is 0.104 e. The van der Waals surface area contributed by atoms with Gasteiger partial charge in [0.1, 0.15) is 6.10 Å². The van der Waals surface area contributed by atoms with Gasteiger partial charge in [0, 0.05) is 5.92 Å². The SMILES string of the molecule is OCC1OCC(O)C(O)C1CO. The fraction of sp³-hybridized carbons (Fsp3) is 1.00. The third-order valence-electron chi connectivity index (χ3n) is 2.18. The molecule has 0 aliphatic carbocycles. The Hall–Kier alpha value is -0.200. The zero-order chi connectivity index (χ0) is 9.14.